The summed E-state index contributed by atoms with van der Waals surface area (Å²) in [5.41, 5.74) is 4.04. The van der Waals surface area contributed by atoms with Gasteiger partial charge in [0.25, 0.3) is 0 Å². The Morgan fingerprint density at radius 1 is 1.16 bits per heavy atom. The maximum absolute atomic E-state index is 5.85. The van der Waals surface area contributed by atoms with Crippen LogP contribution in [0.15, 0.2) is 47.0 Å². The number of fused-ring (bicyclic) bond motifs is 2. The Morgan fingerprint density at radius 3 is 3.05 bits per heavy atom. The van der Waals surface area contributed by atoms with Gasteiger partial charge in [-0.15, -0.1) is 0 Å². The van der Waals surface area contributed by atoms with E-state index in [1.165, 1.54) is 11.1 Å². The third-order valence-corrected chi connectivity index (χ3v) is 3.57. The Balaban J connectivity index is 1.85. The Bertz CT molecular complexity index is 702. The van der Waals surface area contributed by atoms with Gasteiger partial charge in [-0.2, -0.15) is 4.98 Å². The van der Waals surface area contributed by atoms with E-state index in [9.17, 15) is 0 Å². The van der Waals surface area contributed by atoms with Crippen molar-refractivity contribution in [2.75, 3.05) is 6.54 Å². The van der Waals surface area contributed by atoms with Crippen molar-refractivity contribution < 1.29 is 4.42 Å². The largest absolute Gasteiger partial charge is 0.438 e. The van der Waals surface area contributed by atoms with Crippen LogP contribution in [0.4, 0.5) is 0 Å². The van der Waals surface area contributed by atoms with Crippen molar-refractivity contribution in [1.82, 2.24) is 15.3 Å². The van der Waals surface area contributed by atoms with E-state index in [-0.39, 0.29) is 5.92 Å². The van der Waals surface area contributed by atoms with Gasteiger partial charge in [0.2, 0.25) is 5.89 Å². The molecule has 0 spiro atoms. The molecule has 1 aliphatic heterocycles. The number of nitrogens with one attached hydrogen (secondary N) is 1. The first-order valence-electron chi connectivity index (χ1n) is 6.42. The molecule has 2 aromatic heterocycles. The maximum Gasteiger partial charge on any atom is 0.205 e. The first-order valence-corrected chi connectivity index (χ1v) is 6.42. The molecule has 4 nitrogen and oxygen atoms in total. The molecule has 0 radical (unpaired) electrons. The molecule has 0 bridgehead atoms. The highest BCUT2D eigenvalue weighted by molar-refractivity contribution is 5.67. The molecule has 1 unspecified atom stereocenters. The Labute approximate surface area is 110 Å². The number of pyridine rings is 1. The molecular formula is C15H13N3O. The first-order chi connectivity index (χ1) is 9.42. The molecule has 4 heteroatoms. The van der Waals surface area contributed by atoms with Crippen molar-refractivity contribution in [2.24, 2.45) is 0 Å². The molecule has 4 rings (SSSR count). The second kappa shape index (κ2) is 4.17. The monoisotopic (exact) mass is 251 g/mol. The van der Waals surface area contributed by atoms with E-state index in [2.05, 4.69) is 39.6 Å². The standard InChI is InChI=1S/C15H13N3O/c1-2-5-11-10(4-1)8-16-9-12(11)15-18-14-13(19-15)6-3-7-17-14/h1-7,12,16H,8-9H2. The molecule has 1 N–H and O–H groups in total. The smallest absolute Gasteiger partial charge is 0.205 e. The summed E-state index contributed by atoms with van der Waals surface area (Å²) in [6.07, 6.45) is 1.74. The van der Waals surface area contributed by atoms with E-state index < -0.39 is 0 Å². The van der Waals surface area contributed by atoms with Crippen LogP contribution >= 0.6 is 0 Å². The SMILES string of the molecule is c1ccc2c(c1)CNCC2c1nc2ncccc2o1. The molecule has 0 saturated heterocycles. The lowest BCUT2D eigenvalue weighted by molar-refractivity contribution is 0.464. The predicted octanol–water partition coefficient (Wildman–Crippen LogP) is 2.46. The van der Waals surface area contributed by atoms with Gasteiger partial charge in [0.15, 0.2) is 11.2 Å². The van der Waals surface area contributed by atoms with Crippen molar-refractivity contribution >= 4 is 11.2 Å². The minimum absolute atomic E-state index is 0.166. The van der Waals surface area contributed by atoms with Crippen molar-refractivity contribution in [3.8, 4) is 0 Å². The number of oxazole rings is 1. The molecule has 3 heterocycles. The lowest BCUT2D eigenvalue weighted by Crippen LogP contribution is -2.28. The van der Waals surface area contributed by atoms with E-state index >= 15 is 0 Å². The fourth-order valence-electron chi connectivity index (χ4n) is 2.65. The topological polar surface area (TPSA) is 51.0 Å². The third-order valence-electron chi connectivity index (χ3n) is 3.57. The number of hydrogen-bond donors (Lipinski definition) is 1. The van der Waals surface area contributed by atoms with Crippen LogP contribution < -0.4 is 5.32 Å². The Hall–Kier alpha value is -2.20. The lowest BCUT2D eigenvalue weighted by Gasteiger charge is -2.23. The molecule has 0 fully saturated rings. The van der Waals surface area contributed by atoms with Crippen molar-refractivity contribution in [3.05, 3.63) is 59.6 Å². The summed E-state index contributed by atoms with van der Waals surface area (Å²) in [4.78, 5) is 8.74. The number of hydrogen-bond acceptors (Lipinski definition) is 4. The zero-order valence-electron chi connectivity index (χ0n) is 10.3. The van der Waals surface area contributed by atoms with Crippen LogP contribution in [0.3, 0.4) is 0 Å². The van der Waals surface area contributed by atoms with Gasteiger partial charge >= 0.3 is 0 Å². The molecule has 1 aromatic carbocycles. The molecule has 19 heavy (non-hydrogen) atoms. The van der Waals surface area contributed by atoms with E-state index in [0.29, 0.717) is 5.65 Å². The maximum atomic E-state index is 5.85. The van der Waals surface area contributed by atoms with Gasteiger partial charge in [0, 0.05) is 19.3 Å². The van der Waals surface area contributed by atoms with Gasteiger partial charge in [-0.1, -0.05) is 24.3 Å². The Morgan fingerprint density at radius 2 is 2.11 bits per heavy atom. The third kappa shape index (κ3) is 1.72. The zero-order chi connectivity index (χ0) is 12.7. The molecule has 0 aliphatic carbocycles. The second-order valence-electron chi connectivity index (χ2n) is 4.76. The van der Waals surface area contributed by atoms with E-state index in [4.69, 9.17) is 4.42 Å². The number of rotatable bonds is 1. The molecule has 0 saturated carbocycles. The highest BCUT2D eigenvalue weighted by Crippen LogP contribution is 2.30. The van der Waals surface area contributed by atoms with Crippen LogP contribution in [0.2, 0.25) is 0 Å². The van der Waals surface area contributed by atoms with Crippen LogP contribution in [0.5, 0.6) is 0 Å². The van der Waals surface area contributed by atoms with Gasteiger partial charge in [-0.25, -0.2) is 4.98 Å². The van der Waals surface area contributed by atoms with Crippen molar-refractivity contribution in [1.29, 1.82) is 0 Å². The van der Waals surface area contributed by atoms with Crippen molar-refractivity contribution in [2.45, 2.75) is 12.5 Å². The molecule has 0 amide bonds. The van der Waals surface area contributed by atoms with E-state index in [0.717, 1.165) is 24.6 Å². The van der Waals surface area contributed by atoms with Crippen LogP contribution in [0, 0.1) is 0 Å². The van der Waals surface area contributed by atoms with Crippen LogP contribution in [0.1, 0.15) is 22.9 Å². The quantitative estimate of drug-likeness (QED) is 0.721. The summed E-state index contributed by atoms with van der Waals surface area (Å²) in [5.74, 6) is 0.910. The van der Waals surface area contributed by atoms with Crippen LogP contribution in [-0.2, 0) is 6.54 Å². The number of benzene rings is 1. The lowest BCUT2D eigenvalue weighted by atomic mass is 9.91. The Kier molecular flexibility index (Phi) is 2.35. The average molecular weight is 251 g/mol. The summed E-state index contributed by atoms with van der Waals surface area (Å²) in [5, 5.41) is 3.41. The van der Waals surface area contributed by atoms with Gasteiger partial charge in [-0.3, -0.25) is 0 Å². The zero-order valence-corrected chi connectivity index (χ0v) is 10.3. The minimum Gasteiger partial charge on any atom is -0.438 e. The first kappa shape index (κ1) is 10.7. The molecule has 94 valence electrons. The highest BCUT2D eigenvalue weighted by Gasteiger charge is 2.25. The molecular weight excluding hydrogens is 238 g/mol. The van der Waals surface area contributed by atoms with Crippen LogP contribution in [0.25, 0.3) is 11.2 Å². The summed E-state index contributed by atoms with van der Waals surface area (Å²) >= 11 is 0. The van der Waals surface area contributed by atoms with Gasteiger partial charge < -0.3 is 9.73 Å². The van der Waals surface area contributed by atoms with Crippen LogP contribution in [-0.4, -0.2) is 16.5 Å². The molecule has 3 aromatic rings. The normalized spacial score (nSPS) is 18.4. The second-order valence-corrected chi connectivity index (χ2v) is 4.76. The summed E-state index contributed by atoms with van der Waals surface area (Å²) in [6.45, 7) is 1.76. The summed E-state index contributed by atoms with van der Waals surface area (Å²) in [7, 11) is 0. The minimum atomic E-state index is 0.166. The highest BCUT2D eigenvalue weighted by atomic mass is 16.3. The summed E-state index contributed by atoms with van der Waals surface area (Å²) < 4.78 is 5.85. The predicted molar refractivity (Wildman–Crippen MR) is 71.8 cm³/mol. The van der Waals surface area contributed by atoms with Gasteiger partial charge in [0.1, 0.15) is 0 Å². The van der Waals surface area contributed by atoms with Crippen molar-refractivity contribution in [3.63, 3.8) is 0 Å². The van der Waals surface area contributed by atoms with E-state index in [1.807, 2.05) is 12.1 Å². The van der Waals surface area contributed by atoms with Gasteiger partial charge in [-0.05, 0) is 23.3 Å². The van der Waals surface area contributed by atoms with Gasteiger partial charge in [0.05, 0.1) is 5.92 Å². The average Bonchev–Trinajstić information content (AvgIpc) is 2.90. The van der Waals surface area contributed by atoms with E-state index in [1.54, 1.807) is 6.20 Å². The molecule has 1 atom stereocenters. The molecule has 1 aliphatic rings. The number of nitrogens with zero attached hydrogens (tertiary/aromatic N) is 2. The fourth-order valence-corrected chi connectivity index (χ4v) is 2.65. The number of aromatic nitrogens is 2. The fraction of sp³-hybridized carbons (Fsp3) is 0.200. The summed E-state index contributed by atoms with van der Waals surface area (Å²) in [6, 6.07) is 12.2.